The summed E-state index contributed by atoms with van der Waals surface area (Å²) in [7, 11) is 0. The van der Waals surface area contributed by atoms with Gasteiger partial charge >= 0.3 is 12.1 Å². The number of amides is 2. The summed E-state index contributed by atoms with van der Waals surface area (Å²) in [5.41, 5.74) is 4.65. The summed E-state index contributed by atoms with van der Waals surface area (Å²) >= 11 is 0. The standard InChI is InChI=1S/C28H34N2O5/c1-17(27(33)29-15-20-12-11-19(13-20)14-26(31)32)18(2)30-28(34)35-16-25-23-9-5-3-7-21(23)22-8-4-6-10-24(22)25/h3-10,17-20,25H,11-16H2,1-2H3,(H,29,33)(H,30,34)(H,31,32). The van der Waals surface area contributed by atoms with Crippen LogP contribution in [0, 0.1) is 17.8 Å². The van der Waals surface area contributed by atoms with Gasteiger partial charge in [-0.1, -0.05) is 55.5 Å². The Labute approximate surface area is 206 Å². The Morgan fingerprint density at radius 3 is 2.20 bits per heavy atom. The van der Waals surface area contributed by atoms with Crippen LogP contribution in [0.5, 0.6) is 0 Å². The summed E-state index contributed by atoms with van der Waals surface area (Å²) in [5.74, 6) is -0.825. The largest absolute Gasteiger partial charge is 0.481 e. The Kier molecular flexibility index (Phi) is 7.73. The maximum Gasteiger partial charge on any atom is 0.407 e. The van der Waals surface area contributed by atoms with Crippen LogP contribution in [-0.2, 0) is 14.3 Å². The van der Waals surface area contributed by atoms with Gasteiger partial charge in [-0.15, -0.1) is 0 Å². The summed E-state index contributed by atoms with van der Waals surface area (Å²) < 4.78 is 5.60. The van der Waals surface area contributed by atoms with Crippen molar-refractivity contribution < 1.29 is 24.2 Å². The van der Waals surface area contributed by atoms with Gasteiger partial charge in [0.25, 0.3) is 0 Å². The summed E-state index contributed by atoms with van der Waals surface area (Å²) in [6.07, 6.45) is 2.31. The number of carboxylic acids is 1. The highest BCUT2D eigenvalue weighted by Gasteiger charge is 2.30. The predicted molar refractivity (Wildman–Crippen MR) is 133 cm³/mol. The number of carboxylic acid groups (broad SMARTS) is 1. The van der Waals surface area contributed by atoms with Crippen molar-refractivity contribution in [1.29, 1.82) is 0 Å². The monoisotopic (exact) mass is 478 g/mol. The van der Waals surface area contributed by atoms with E-state index in [9.17, 15) is 14.4 Å². The van der Waals surface area contributed by atoms with Gasteiger partial charge in [0.1, 0.15) is 6.61 Å². The topological polar surface area (TPSA) is 105 Å². The van der Waals surface area contributed by atoms with Crippen LogP contribution in [-0.4, -0.2) is 42.3 Å². The number of rotatable bonds is 9. The van der Waals surface area contributed by atoms with E-state index in [2.05, 4.69) is 34.9 Å². The minimum atomic E-state index is -0.763. The van der Waals surface area contributed by atoms with Crippen molar-refractivity contribution in [2.24, 2.45) is 17.8 Å². The van der Waals surface area contributed by atoms with Gasteiger partial charge in [-0.25, -0.2) is 4.79 Å². The molecular weight excluding hydrogens is 444 g/mol. The SMILES string of the molecule is CC(NC(=O)OCC1c2ccccc2-c2ccccc21)C(C)C(=O)NCC1CCC(CC(=O)O)C1. The molecule has 0 spiro atoms. The van der Waals surface area contributed by atoms with Crippen molar-refractivity contribution >= 4 is 18.0 Å². The fourth-order valence-electron chi connectivity index (χ4n) is 5.38. The molecule has 0 bridgehead atoms. The van der Waals surface area contributed by atoms with Gasteiger partial charge in [0.15, 0.2) is 0 Å². The van der Waals surface area contributed by atoms with Gasteiger partial charge in [-0.2, -0.15) is 0 Å². The van der Waals surface area contributed by atoms with E-state index in [1.807, 2.05) is 24.3 Å². The second-order valence-corrected chi connectivity index (χ2v) is 9.94. The fourth-order valence-corrected chi connectivity index (χ4v) is 5.38. The number of ether oxygens (including phenoxy) is 1. The lowest BCUT2D eigenvalue weighted by atomic mass is 9.98. The Balaban J connectivity index is 1.23. The molecule has 1 saturated carbocycles. The molecule has 7 nitrogen and oxygen atoms in total. The molecule has 4 unspecified atom stereocenters. The molecule has 0 heterocycles. The number of carbonyl (C=O) groups is 3. The minimum absolute atomic E-state index is 0.0134. The van der Waals surface area contributed by atoms with Crippen molar-refractivity contribution in [2.75, 3.05) is 13.2 Å². The van der Waals surface area contributed by atoms with Crippen LogP contribution >= 0.6 is 0 Å². The first-order chi connectivity index (χ1) is 16.8. The van der Waals surface area contributed by atoms with E-state index in [1.165, 1.54) is 11.1 Å². The third-order valence-electron chi connectivity index (χ3n) is 7.53. The van der Waals surface area contributed by atoms with E-state index in [4.69, 9.17) is 9.84 Å². The van der Waals surface area contributed by atoms with Gasteiger partial charge in [0.2, 0.25) is 5.91 Å². The predicted octanol–water partition coefficient (Wildman–Crippen LogP) is 4.56. The first-order valence-electron chi connectivity index (χ1n) is 12.4. The molecule has 0 radical (unpaired) electrons. The lowest BCUT2D eigenvalue weighted by Crippen LogP contribution is -2.45. The molecule has 2 aliphatic rings. The molecule has 7 heteroatoms. The van der Waals surface area contributed by atoms with E-state index in [-0.39, 0.29) is 30.8 Å². The highest BCUT2D eigenvalue weighted by Crippen LogP contribution is 2.44. The molecule has 1 fully saturated rings. The molecule has 0 saturated heterocycles. The van der Waals surface area contributed by atoms with Gasteiger partial charge in [0, 0.05) is 24.9 Å². The van der Waals surface area contributed by atoms with Crippen molar-refractivity contribution in [3.8, 4) is 11.1 Å². The molecule has 2 aliphatic carbocycles. The zero-order chi connectivity index (χ0) is 24.9. The Morgan fingerprint density at radius 1 is 0.971 bits per heavy atom. The smallest absolute Gasteiger partial charge is 0.407 e. The average molecular weight is 479 g/mol. The zero-order valence-corrected chi connectivity index (χ0v) is 20.3. The van der Waals surface area contributed by atoms with E-state index in [1.54, 1.807) is 13.8 Å². The summed E-state index contributed by atoms with van der Waals surface area (Å²) in [5, 5.41) is 14.7. The van der Waals surface area contributed by atoms with Gasteiger partial charge in [-0.3, -0.25) is 9.59 Å². The van der Waals surface area contributed by atoms with Crippen molar-refractivity contribution in [3.05, 3.63) is 59.7 Å². The molecule has 2 amide bonds. The molecule has 186 valence electrons. The molecule has 2 aromatic rings. The number of hydrogen-bond donors (Lipinski definition) is 3. The van der Waals surface area contributed by atoms with Crippen LogP contribution in [0.4, 0.5) is 4.79 Å². The fraction of sp³-hybridized carbons (Fsp3) is 0.464. The summed E-state index contributed by atoms with van der Waals surface area (Å²) in [6.45, 7) is 4.35. The van der Waals surface area contributed by atoms with Gasteiger partial charge in [0.05, 0.1) is 5.92 Å². The van der Waals surface area contributed by atoms with E-state index in [0.29, 0.717) is 12.5 Å². The van der Waals surface area contributed by atoms with Crippen molar-refractivity contribution in [3.63, 3.8) is 0 Å². The molecule has 4 rings (SSSR count). The molecule has 0 aliphatic heterocycles. The summed E-state index contributed by atoms with van der Waals surface area (Å²) in [6, 6.07) is 16.0. The Morgan fingerprint density at radius 2 is 1.57 bits per heavy atom. The average Bonchev–Trinajstić information content (AvgIpc) is 3.42. The first-order valence-corrected chi connectivity index (χ1v) is 12.4. The summed E-state index contributed by atoms with van der Waals surface area (Å²) in [4.78, 5) is 36.1. The van der Waals surface area contributed by atoms with Crippen LogP contribution in [0.15, 0.2) is 48.5 Å². The number of alkyl carbamates (subject to hydrolysis) is 1. The lowest BCUT2D eigenvalue weighted by Gasteiger charge is -2.22. The molecule has 2 aromatic carbocycles. The van der Waals surface area contributed by atoms with E-state index < -0.39 is 24.0 Å². The third-order valence-corrected chi connectivity index (χ3v) is 7.53. The highest BCUT2D eigenvalue weighted by molar-refractivity contribution is 5.80. The molecular formula is C28H34N2O5. The van der Waals surface area contributed by atoms with Crippen molar-refractivity contribution in [2.45, 2.75) is 51.5 Å². The zero-order valence-electron chi connectivity index (χ0n) is 20.3. The van der Waals surface area contributed by atoms with Gasteiger partial charge in [-0.05, 0) is 60.3 Å². The van der Waals surface area contributed by atoms with Crippen LogP contribution in [0.1, 0.15) is 56.6 Å². The molecule has 0 aromatic heterocycles. The Bertz CT molecular complexity index is 1040. The highest BCUT2D eigenvalue weighted by atomic mass is 16.5. The minimum Gasteiger partial charge on any atom is -0.481 e. The van der Waals surface area contributed by atoms with Crippen LogP contribution in [0.25, 0.3) is 11.1 Å². The maximum atomic E-state index is 12.6. The molecule has 35 heavy (non-hydrogen) atoms. The second kappa shape index (κ2) is 10.9. The van der Waals surface area contributed by atoms with Crippen LogP contribution in [0.2, 0.25) is 0 Å². The number of carbonyl (C=O) groups excluding carboxylic acids is 2. The van der Waals surface area contributed by atoms with Gasteiger partial charge < -0.3 is 20.5 Å². The van der Waals surface area contributed by atoms with Crippen LogP contribution in [0.3, 0.4) is 0 Å². The second-order valence-electron chi connectivity index (χ2n) is 9.94. The molecule has 4 atom stereocenters. The number of hydrogen-bond acceptors (Lipinski definition) is 4. The molecule has 3 N–H and O–H groups in total. The lowest BCUT2D eigenvalue weighted by molar-refractivity contribution is -0.138. The maximum absolute atomic E-state index is 12.6. The number of nitrogens with one attached hydrogen (secondary N) is 2. The normalized spacial score (nSPS) is 20.4. The van der Waals surface area contributed by atoms with E-state index in [0.717, 1.165) is 30.4 Å². The Hall–Kier alpha value is -3.35. The number of benzene rings is 2. The van der Waals surface area contributed by atoms with Crippen LogP contribution < -0.4 is 10.6 Å². The van der Waals surface area contributed by atoms with E-state index >= 15 is 0 Å². The van der Waals surface area contributed by atoms with Crippen molar-refractivity contribution in [1.82, 2.24) is 10.6 Å². The number of aliphatic carboxylic acids is 1. The number of fused-ring (bicyclic) bond motifs is 3. The quantitative estimate of drug-likeness (QED) is 0.490. The third kappa shape index (κ3) is 5.84. The first kappa shape index (κ1) is 24.8.